The number of rotatable bonds is 4. The molecule has 22 heavy (non-hydrogen) atoms. The molecular formula is C16H19ClN2O3. The first-order valence-corrected chi connectivity index (χ1v) is 7.29. The third kappa shape index (κ3) is 4.24. The van der Waals surface area contributed by atoms with Gasteiger partial charge >= 0.3 is 0 Å². The molecule has 1 amide bonds. The Kier molecular flexibility index (Phi) is 4.76. The number of nitrogens with zero attached hydrogens (tertiary/aromatic N) is 1. The van der Waals surface area contributed by atoms with Gasteiger partial charge in [0.2, 0.25) is 0 Å². The molecule has 0 fully saturated rings. The molecular weight excluding hydrogens is 304 g/mol. The van der Waals surface area contributed by atoms with Crippen LogP contribution < -0.4 is 10.1 Å². The molecule has 2 rings (SSSR count). The van der Waals surface area contributed by atoms with Crippen LogP contribution in [0.15, 0.2) is 28.8 Å². The number of hydrogen-bond donors (Lipinski definition) is 1. The van der Waals surface area contributed by atoms with E-state index in [2.05, 4.69) is 10.5 Å². The summed E-state index contributed by atoms with van der Waals surface area (Å²) in [6, 6.07) is 7.09. The van der Waals surface area contributed by atoms with Gasteiger partial charge in [-0.25, -0.2) is 0 Å². The molecule has 0 atom stereocenters. The molecule has 0 spiro atoms. The van der Waals surface area contributed by atoms with E-state index in [4.69, 9.17) is 20.9 Å². The van der Waals surface area contributed by atoms with Crippen molar-refractivity contribution in [3.63, 3.8) is 0 Å². The third-order valence-corrected chi connectivity index (χ3v) is 3.27. The van der Waals surface area contributed by atoms with E-state index < -0.39 is 0 Å². The Bertz CT molecular complexity index is 674. The highest BCUT2D eigenvalue weighted by Gasteiger charge is 2.20. The topological polar surface area (TPSA) is 64.4 Å². The Labute approximate surface area is 134 Å². The molecule has 0 radical (unpaired) electrons. The fourth-order valence-corrected chi connectivity index (χ4v) is 1.90. The fourth-order valence-electron chi connectivity index (χ4n) is 1.73. The van der Waals surface area contributed by atoms with Crippen LogP contribution in [-0.2, 0) is 10.2 Å². The molecule has 0 saturated heterocycles. The molecule has 1 aromatic carbocycles. The fraction of sp³-hybridized carbons (Fsp3) is 0.375. The summed E-state index contributed by atoms with van der Waals surface area (Å²) in [4.78, 5) is 11.9. The Hall–Kier alpha value is -2.01. The van der Waals surface area contributed by atoms with Gasteiger partial charge in [-0.3, -0.25) is 4.79 Å². The Morgan fingerprint density at radius 2 is 2.09 bits per heavy atom. The van der Waals surface area contributed by atoms with Crippen LogP contribution in [0.2, 0.25) is 5.02 Å². The number of aromatic nitrogens is 1. The predicted molar refractivity (Wildman–Crippen MR) is 85.5 cm³/mol. The summed E-state index contributed by atoms with van der Waals surface area (Å²) in [7, 11) is 0. The predicted octanol–water partition coefficient (Wildman–Crippen LogP) is 3.95. The minimum atomic E-state index is -0.327. The summed E-state index contributed by atoms with van der Waals surface area (Å²) in [5, 5.41) is 6.92. The standard InChI is InChI=1S/C16H19ClN2O3/c1-10-5-6-11(17)12(7-10)21-9-15(20)18-14-8-13(22-19-14)16(2,3)4/h5-8H,9H2,1-4H3,(H,18,19,20). The summed E-state index contributed by atoms with van der Waals surface area (Å²) >= 11 is 6.01. The van der Waals surface area contributed by atoms with E-state index in [0.717, 1.165) is 5.56 Å². The van der Waals surface area contributed by atoms with Crippen molar-refractivity contribution in [2.75, 3.05) is 11.9 Å². The molecule has 1 N–H and O–H groups in total. The smallest absolute Gasteiger partial charge is 0.263 e. The highest BCUT2D eigenvalue weighted by atomic mass is 35.5. The van der Waals surface area contributed by atoms with Gasteiger partial charge in [0.1, 0.15) is 11.5 Å². The number of aryl methyl sites for hydroxylation is 1. The van der Waals surface area contributed by atoms with Crippen molar-refractivity contribution in [3.8, 4) is 5.75 Å². The average Bonchev–Trinajstić information content (AvgIpc) is 2.88. The van der Waals surface area contributed by atoms with Crippen molar-refractivity contribution in [1.82, 2.24) is 5.16 Å². The molecule has 2 aromatic rings. The number of amides is 1. The van der Waals surface area contributed by atoms with Gasteiger partial charge in [0.15, 0.2) is 12.4 Å². The molecule has 0 unspecified atom stereocenters. The molecule has 0 saturated carbocycles. The monoisotopic (exact) mass is 322 g/mol. The van der Waals surface area contributed by atoms with Crippen LogP contribution in [0.4, 0.5) is 5.82 Å². The zero-order valence-electron chi connectivity index (χ0n) is 13.1. The minimum absolute atomic E-state index is 0.152. The zero-order valence-corrected chi connectivity index (χ0v) is 13.8. The van der Waals surface area contributed by atoms with Gasteiger partial charge in [-0.15, -0.1) is 0 Å². The summed E-state index contributed by atoms with van der Waals surface area (Å²) in [5.41, 5.74) is 0.841. The molecule has 0 aliphatic rings. The first kappa shape index (κ1) is 16.4. The third-order valence-electron chi connectivity index (χ3n) is 2.96. The van der Waals surface area contributed by atoms with Crippen molar-refractivity contribution in [2.24, 2.45) is 0 Å². The largest absolute Gasteiger partial charge is 0.482 e. The molecule has 0 bridgehead atoms. The summed E-state index contributed by atoms with van der Waals surface area (Å²) in [6.45, 7) is 7.78. The number of ether oxygens (including phenoxy) is 1. The van der Waals surface area contributed by atoms with Gasteiger partial charge in [0.25, 0.3) is 5.91 Å². The second-order valence-electron chi connectivity index (χ2n) is 6.10. The van der Waals surface area contributed by atoms with Crippen LogP contribution in [0.3, 0.4) is 0 Å². The van der Waals surface area contributed by atoms with Crippen LogP contribution in [-0.4, -0.2) is 17.7 Å². The van der Waals surface area contributed by atoms with Gasteiger partial charge in [-0.2, -0.15) is 0 Å². The lowest BCUT2D eigenvalue weighted by molar-refractivity contribution is -0.118. The van der Waals surface area contributed by atoms with Gasteiger partial charge in [-0.1, -0.05) is 43.6 Å². The Balaban J connectivity index is 1.93. The molecule has 0 aliphatic heterocycles. The maximum absolute atomic E-state index is 11.9. The number of benzene rings is 1. The van der Waals surface area contributed by atoms with E-state index in [1.54, 1.807) is 18.2 Å². The first-order valence-electron chi connectivity index (χ1n) is 6.92. The van der Waals surface area contributed by atoms with Crippen LogP contribution in [0.1, 0.15) is 32.1 Å². The lowest BCUT2D eigenvalue weighted by Crippen LogP contribution is -2.20. The quantitative estimate of drug-likeness (QED) is 0.925. The van der Waals surface area contributed by atoms with Crippen LogP contribution in [0.5, 0.6) is 5.75 Å². The second kappa shape index (κ2) is 6.40. The van der Waals surface area contributed by atoms with Crippen LogP contribution >= 0.6 is 11.6 Å². The Morgan fingerprint density at radius 3 is 2.73 bits per heavy atom. The van der Waals surface area contributed by atoms with Crippen molar-refractivity contribution in [2.45, 2.75) is 33.1 Å². The SMILES string of the molecule is Cc1ccc(Cl)c(OCC(=O)Nc2cc(C(C)(C)C)on2)c1. The first-order chi connectivity index (χ1) is 10.3. The summed E-state index contributed by atoms with van der Waals surface area (Å²) in [5.74, 6) is 1.22. The number of carbonyl (C=O) groups excluding carboxylic acids is 1. The number of carbonyl (C=O) groups is 1. The molecule has 1 heterocycles. The molecule has 1 aromatic heterocycles. The van der Waals surface area contributed by atoms with Gasteiger partial charge in [0.05, 0.1) is 5.02 Å². The lowest BCUT2D eigenvalue weighted by Gasteiger charge is -2.12. The second-order valence-corrected chi connectivity index (χ2v) is 6.50. The highest BCUT2D eigenvalue weighted by Crippen LogP contribution is 2.26. The molecule has 5 nitrogen and oxygen atoms in total. The number of halogens is 1. The van der Waals surface area contributed by atoms with Crippen LogP contribution in [0.25, 0.3) is 0 Å². The van der Waals surface area contributed by atoms with E-state index in [1.165, 1.54) is 0 Å². The van der Waals surface area contributed by atoms with Crippen molar-refractivity contribution in [1.29, 1.82) is 0 Å². The van der Waals surface area contributed by atoms with E-state index in [0.29, 0.717) is 22.4 Å². The van der Waals surface area contributed by atoms with E-state index in [1.807, 2.05) is 33.8 Å². The average molecular weight is 323 g/mol. The summed E-state index contributed by atoms with van der Waals surface area (Å²) in [6.07, 6.45) is 0. The van der Waals surface area contributed by atoms with Gasteiger partial charge in [0, 0.05) is 11.5 Å². The molecule has 118 valence electrons. The number of hydrogen-bond acceptors (Lipinski definition) is 4. The lowest BCUT2D eigenvalue weighted by atomic mass is 9.93. The number of nitrogens with one attached hydrogen (secondary N) is 1. The minimum Gasteiger partial charge on any atom is -0.482 e. The molecule has 0 aliphatic carbocycles. The van der Waals surface area contributed by atoms with Crippen molar-refractivity contribution < 1.29 is 14.1 Å². The van der Waals surface area contributed by atoms with E-state index in [-0.39, 0.29) is 17.9 Å². The highest BCUT2D eigenvalue weighted by molar-refractivity contribution is 6.32. The number of anilines is 1. The van der Waals surface area contributed by atoms with E-state index in [9.17, 15) is 4.79 Å². The van der Waals surface area contributed by atoms with Gasteiger partial charge in [-0.05, 0) is 24.6 Å². The van der Waals surface area contributed by atoms with Crippen molar-refractivity contribution in [3.05, 3.63) is 40.6 Å². The Morgan fingerprint density at radius 1 is 1.36 bits per heavy atom. The normalized spacial score (nSPS) is 11.3. The maximum atomic E-state index is 11.9. The summed E-state index contributed by atoms with van der Waals surface area (Å²) < 4.78 is 10.6. The maximum Gasteiger partial charge on any atom is 0.263 e. The molecule has 6 heteroatoms. The zero-order chi connectivity index (χ0) is 16.3. The van der Waals surface area contributed by atoms with Crippen molar-refractivity contribution >= 4 is 23.3 Å². The van der Waals surface area contributed by atoms with Crippen LogP contribution in [0, 0.1) is 6.92 Å². The van der Waals surface area contributed by atoms with Gasteiger partial charge < -0.3 is 14.6 Å². The van der Waals surface area contributed by atoms with E-state index >= 15 is 0 Å².